The molecule has 0 radical (unpaired) electrons. The third kappa shape index (κ3) is 3.17. The molecular weight excluding hydrogens is 394 g/mol. The van der Waals surface area contributed by atoms with E-state index in [1.165, 1.54) is 18.5 Å². The number of aryl methyl sites for hydroxylation is 1. The van der Waals surface area contributed by atoms with E-state index in [1.807, 2.05) is 0 Å². The maximum atomic E-state index is 14.2. The molecule has 2 aromatic heterocycles. The first-order valence-electron chi connectivity index (χ1n) is 7.69. The van der Waals surface area contributed by atoms with E-state index in [1.54, 1.807) is 23.9 Å². The maximum absolute atomic E-state index is 14.2. The number of hydrogen-bond donors (Lipinski definition) is 1. The largest absolute Gasteiger partial charge is 0.350 e. The summed E-state index contributed by atoms with van der Waals surface area (Å²) in [7, 11) is -2.15. The first-order valence-corrected chi connectivity index (χ1v) is 9.95. The molecule has 0 spiro atoms. The van der Waals surface area contributed by atoms with E-state index < -0.39 is 21.7 Å². The number of nitrogens with one attached hydrogen (secondary N) is 1. The van der Waals surface area contributed by atoms with Crippen LogP contribution in [0.5, 0.6) is 0 Å². The molecule has 4 rings (SSSR count). The molecule has 2 aromatic carbocycles. The number of nitrogens with zero attached hydrogens (tertiary/aromatic N) is 3. The third-order valence-corrected chi connectivity index (χ3v) is 6.12. The molecule has 0 amide bonds. The Morgan fingerprint density at radius 3 is 2.67 bits per heavy atom. The van der Waals surface area contributed by atoms with Crippen molar-refractivity contribution in [2.75, 3.05) is 4.72 Å². The molecule has 4 aromatic rings. The van der Waals surface area contributed by atoms with Gasteiger partial charge in [-0.3, -0.25) is 4.72 Å². The normalized spacial score (nSPS) is 11.8. The SMILES string of the molecule is Cn1cc(-c2cc(F)ccc2F)c2ccc(S(=O)(=O)Nc3ncns3)cc21. The predicted octanol–water partition coefficient (Wildman–Crippen LogP) is 3.78. The molecule has 1 N–H and O–H groups in total. The van der Waals surface area contributed by atoms with Crippen molar-refractivity contribution in [1.82, 2.24) is 13.9 Å². The molecule has 10 heteroatoms. The Bertz CT molecular complexity index is 1250. The van der Waals surface area contributed by atoms with E-state index in [0.29, 0.717) is 16.5 Å². The van der Waals surface area contributed by atoms with Gasteiger partial charge in [0.05, 0.1) is 4.90 Å². The van der Waals surface area contributed by atoms with Gasteiger partial charge in [0.15, 0.2) is 0 Å². The number of anilines is 1. The molecule has 0 saturated heterocycles. The molecule has 27 heavy (non-hydrogen) atoms. The number of halogens is 2. The Labute approximate surface area is 157 Å². The Hall–Kier alpha value is -2.85. The summed E-state index contributed by atoms with van der Waals surface area (Å²) in [5, 5.41) is 0.765. The van der Waals surface area contributed by atoms with Crippen LogP contribution in [-0.4, -0.2) is 22.3 Å². The van der Waals surface area contributed by atoms with Crippen molar-refractivity contribution < 1.29 is 17.2 Å². The van der Waals surface area contributed by atoms with Crippen molar-refractivity contribution in [2.45, 2.75) is 4.90 Å². The highest BCUT2D eigenvalue weighted by atomic mass is 32.2. The van der Waals surface area contributed by atoms with Crippen LogP contribution >= 0.6 is 11.5 Å². The first kappa shape index (κ1) is 17.6. The molecule has 0 aliphatic heterocycles. The lowest BCUT2D eigenvalue weighted by atomic mass is 10.0. The smallest absolute Gasteiger partial charge is 0.263 e. The standard InChI is InChI=1S/C17H12F2N4O2S2/c1-23-8-14(13-6-10(18)2-5-15(13)19)12-4-3-11(7-16(12)23)27(24,25)22-17-20-9-21-26-17/h2-9H,1H3,(H,20,21,22). The maximum Gasteiger partial charge on any atom is 0.263 e. The van der Waals surface area contributed by atoms with Crippen molar-refractivity contribution in [1.29, 1.82) is 0 Å². The quantitative estimate of drug-likeness (QED) is 0.560. The molecule has 6 nitrogen and oxygen atoms in total. The van der Waals surface area contributed by atoms with Crippen molar-refractivity contribution >= 4 is 37.6 Å². The van der Waals surface area contributed by atoms with Crippen LogP contribution in [0.4, 0.5) is 13.9 Å². The number of aromatic nitrogens is 3. The third-order valence-electron chi connectivity index (χ3n) is 4.07. The second-order valence-electron chi connectivity index (χ2n) is 5.81. The second-order valence-corrected chi connectivity index (χ2v) is 8.27. The van der Waals surface area contributed by atoms with Crippen molar-refractivity contribution in [3.05, 3.63) is 60.6 Å². The Balaban J connectivity index is 1.83. The molecule has 0 bridgehead atoms. The lowest BCUT2D eigenvalue weighted by Gasteiger charge is -2.06. The number of fused-ring (bicyclic) bond motifs is 1. The molecule has 0 aliphatic carbocycles. The van der Waals surface area contributed by atoms with Crippen molar-refractivity contribution in [3.8, 4) is 11.1 Å². The van der Waals surface area contributed by atoms with Crippen LogP contribution in [0.15, 0.2) is 53.8 Å². The van der Waals surface area contributed by atoms with Gasteiger partial charge in [-0.15, -0.1) is 0 Å². The van der Waals surface area contributed by atoms with E-state index in [-0.39, 0.29) is 15.6 Å². The number of rotatable bonds is 4. The van der Waals surface area contributed by atoms with Gasteiger partial charge in [0.1, 0.15) is 18.0 Å². The van der Waals surface area contributed by atoms with Gasteiger partial charge in [-0.05, 0) is 30.3 Å². The second kappa shape index (κ2) is 6.39. The van der Waals surface area contributed by atoms with Crippen molar-refractivity contribution in [3.63, 3.8) is 0 Å². The molecule has 0 aliphatic rings. The van der Waals surface area contributed by atoms with Gasteiger partial charge >= 0.3 is 0 Å². The molecule has 0 saturated carbocycles. The monoisotopic (exact) mass is 406 g/mol. The summed E-state index contributed by atoms with van der Waals surface area (Å²) in [6, 6.07) is 7.68. The lowest BCUT2D eigenvalue weighted by molar-refractivity contribution is 0.601. The van der Waals surface area contributed by atoms with Gasteiger partial charge in [-0.25, -0.2) is 22.2 Å². The molecule has 138 valence electrons. The van der Waals surface area contributed by atoms with E-state index in [0.717, 1.165) is 29.7 Å². The average Bonchev–Trinajstić information content (AvgIpc) is 3.24. The zero-order chi connectivity index (χ0) is 19.2. The van der Waals surface area contributed by atoms with Gasteiger partial charge in [-0.1, -0.05) is 6.07 Å². The van der Waals surface area contributed by atoms with Crippen LogP contribution in [-0.2, 0) is 17.1 Å². The summed E-state index contributed by atoms with van der Waals surface area (Å²) in [5.74, 6) is -1.11. The predicted molar refractivity (Wildman–Crippen MR) is 99.0 cm³/mol. The topological polar surface area (TPSA) is 76.9 Å². The molecule has 0 fully saturated rings. The molecular formula is C17H12F2N4O2S2. The van der Waals surface area contributed by atoms with Gasteiger partial charge < -0.3 is 4.57 Å². The Morgan fingerprint density at radius 1 is 1.11 bits per heavy atom. The van der Waals surface area contributed by atoms with Gasteiger partial charge in [0.2, 0.25) is 5.13 Å². The number of sulfonamides is 1. The van der Waals surface area contributed by atoms with Crippen LogP contribution in [0.3, 0.4) is 0 Å². The Kier molecular flexibility index (Phi) is 4.16. The molecule has 0 unspecified atom stereocenters. The van der Waals surface area contributed by atoms with E-state index in [4.69, 9.17) is 0 Å². The van der Waals surface area contributed by atoms with Crippen LogP contribution in [0, 0.1) is 11.6 Å². The molecule has 0 atom stereocenters. The highest BCUT2D eigenvalue weighted by Gasteiger charge is 2.19. The zero-order valence-corrected chi connectivity index (χ0v) is 15.5. The van der Waals surface area contributed by atoms with E-state index in [2.05, 4.69) is 14.1 Å². The fraction of sp³-hybridized carbons (Fsp3) is 0.0588. The number of hydrogen-bond acceptors (Lipinski definition) is 5. The van der Waals surface area contributed by atoms with Crippen LogP contribution < -0.4 is 4.72 Å². The first-order chi connectivity index (χ1) is 12.8. The fourth-order valence-corrected chi connectivity index (χ4v) is 4.52. The summed E-state index contributed by atoms with van der Waals surface area (Å²) in [4.78, 5) is 3.83. The highest BCUT2D eigenvalue weighted by Crippen LogP contribution is 2.33. The summed E-state index contributed by atoms with van der Waals surface area (Å²) in [6.07, 6.45) is 2.89. The summed E-state index contributed by atoms with van der Waals surface area (Å²) in [5.41, 5.74) is 1.16. The Morgan fingerprint density at radius 2 is 1.93 bits per heavy atom. The minimum absolute atomic E-state index is 0.0256. The minimum Gasteiger partial charge on any atom is -0.350 e. The van der Waals surface area contributed by atoms with Crippen LogP contribution in [0.2, 0.25) is 0 Å². The zero-order valence-electron chi connectivity index (χ0n) is 13.8. The summed E-state index contributed by atoms with van der Waals surface area (Å²) < 4.78 is 60.6. The lowest BCUT2D eigenvalue weighted by Crippen LogP contribution is -2.12. The number of benzene rings is 2. The van der Waals surface area contributed by atoms with Crippen LogP contribution in [0.25, 0.3) is 22.0 Å². The van der Waals surface area contributed by atoms with E-state index >= 15 is 0 Å². The van der Waals surface area contributed by atoms with Gasteiger partial charge in [0, 0.05) is 46.8 Å². The molecule has 2 heterocycles. The van der Waals surface area contributed by atoms with Gasteiger partial charge in [0.25, 0.3) is 10.0 Å². The average molecular weight is 406 g/mol. The van der Waals surface area contributed by atoms with Crippen molar-refractivity contribution in [2.24, 2.45) is 7.05 Å². The summed E-state index contributed by atoms with van der Waals surface area (Å²) >= 11 is 0.922. The van der Waals surface area contributed by atoms with E-state index in [9.17, 15) is 17.2 Å². The summed E-state index contributed by atoms with van der Waals surface area (Å²) in [6.45, 7) is 0. The highest BCUT2D eigenvalue weighted by molar-refractivity contribution is 7.93. The van der Waals surface area contributed by atoms with Gasteiger partial charge in [-0.2, -0.15) is 4.37 Å². The fourth-order valence-electron chi connectivity index (χ4n) is 2.84. The minimum atomic E-state index is -3.85. The van der Waals surface area contributed by atoms with Crippen LogP contribution in [0.1, 0.15) is 0 Å².